The van der Waals surface area contributed by atoms with Gasteiger partial charge in [-0.3, -0.25) is 4.99 Å². The van der Waals surface area contributed by atoms with Gasteiger partial charge in [0.25, 0.3) is 0 Å². The highest BCUT2D eigenvalue weighted by Crippen LogP contribution is 2.37. The molecule has 0 radical (unpaired) electrons. The van der Waals surface area contributed by atoms with Crippen LogP contribution in [0.2, 0.25) is 5.02 Å². The molecule has 1 aliphatic rings. The van der Waals surface area contributed by atoms with E-state index >= 15 is 0 Å². The van der Waals surface area contributed by atoms with E-state index in [2.05, 4.69) is 35.2 Å². The van der Waals surface area contributed by atoms with Crippen LogP contribution in [0.3, 0.4) is 0 Å². The maximum absolute atomic E-state index is 6.22. The summed E-state index contributed by atoms with van der Waals surface area (Å²) in [4.78, 5) is 10.8. The molecule has 23 heavy (non-hydrogen) atoms. The Kier molecular flexibility index (Phi) is 4.41. The number of aliphatic imine (C=N–C) groups is 1. The zero-order valence-electron chi connectivity index (χ0n) is 12.9. The number of H-pyrrole nitrogens is 1. The number of hydrogen-bond donors (Lipinski definition) is 2. The van der Waals surface area contributed by atoms with E-state index in [1.807, 2.05) is 29.5 Å². The molecule has 3 heterocycles. The van der Waals surface area contributed by atoms with Crippen LogP contribution in [-0.4, -0.2) is 23.9 Å². The zero-order chi connectivity index (χ0) is 15.3. The van der Waals surface area contributed by atoms with Crippen molar-refractivity contribution in [2.24, 2.45) is 4.99 Å². The van der Waals surface area contributed by atoms with Gasteiger partial charge in [0.2, 0.25) is 0 Å². The third kappa shape index (κ3) is 2.75. The molecule has 3 nitrogen and oxygen atoms in total. The third-order valence-electron chi connectivity index (χ3n) is 3.98. The second kappa shape index (κ2) is 6.19. The predicted molar refractivity (Wildman–Crippen MR) is 103 cm³/mol. The van der Waals surface area contributed by atoms with Crippen LogP contribution in [0.5, 0.6) is 0 Å². The van der Waals surface area contributed by atoms with Crippen LogP contribution in [-0.2, 0) is 0 Å². The summed E-state index contributed by atoms with van der Waals surface area (Å²) in [5, 5.41) is 5.27. The highest BCUT2D eigenvalue weighted by molar-refractivity contribution is 7.12. The molecule has 1 aliphatic heterocycles. The fourth-order valence-electron chi connectivity index (χ4n) is 3.06. The smallest absolute Gasteiger partial charge is 0.131 e. The Bertz CT molecular complexity index is 908. The molecule has 0 fully saturated rings. The number of hydrogen-bond acceptors (Lipinski definition) is 3. The van der Waals surface area contributed by atoms with Gasteiger partial charge in [-0.15, -0.1) is 23.7 Å². The summed E-state index contributed by atoms with van der Waals surface area (Å²) in [5.74, 6) is 0.965. The molecule has 0 atom stereocenters. The van der Waals surface area contributed by atoms with E-state index in [0.717, 1.165) is 46.1 Å². The molecular weight excluding hydrogens is 349 g/mol. The van der Waals surface area contributed by atoms with Crippen LogP contribution in [0.4, 0.5) is 0 Å². The molecule has 6 heteroatoms. The van der Waals surface area contributed by atoms with Crippen molar-refractivity contribution in [1.29, 1.82) is 0 Å². The van der Waals surface area contributed by atoms with Crippen LogP contribution in [0, 0.1) is 13.8 Å². The molecule has 2 aromatic heterocycles. The fraction of sp³-hybridized carbons (Fsp3) is 0.235. The number of fused-ring (bicyclic) bond motifs is 1. The third-order valence-corrected chi connectivity index (χ3v) is 5.18. The molecule has 2 N–H and O–H groups in total. The van der Waals surface area contributed by atoms with Gasteiger partial charge >= 0.3 is 0 Å². The Morgan fingerprint density at radius 2 is 2.04 bits per heavy atom. The van der Waals surface area contributed by atoms with Gasteiger partial charge in [0, 0.05) is 43.4 Å². The number of aromatic amines is 1. The van der Waals surface area contributed by atoms with Crippen molar-refractivity contribution in [1.82, 2.24) is 10.3 Å². The largest absolute Gasteiger partial charge is 0.368 e. The standard InChI is InChI=1S/C17H16ClN3S.ClH/c1-9-7-12(10(2)22-9)16-15(17-19-5-6-20-17)13-8-11(18)3-4-14(13)21-16;/h3-4,7-8,21H,5-6H2,1-2H3,(H,19,20);1H. The second-order valence-electron chi connectivity index (χ2n) is 5.55. The van der Waals surface area contributed by atoms with E-state index in [9.17, 15) is 0 Å². The minimum Gasteiger partial charge on any atom is -0.368 e. The van der Waals surface area contributed by atoms with Crippen LogP contribution in [0.25, 0.3) is 22.2 Å². The summed E-state index contributed by atoms with van der Waals surface area (Å²) in [5.41, 5.74) is 4.61. The lowest BCUT2D eigenvalue weighted by atomic mass is 10.0. The van der Waals surface area contributed by atoms with E-state index in [0.29, 0.717) is 0 Å². The van der Waals surface area contributed by atoms with Crippen LogP contribution >= 0.6 is 35.3 Å². The quantitative estimate of drug-likeness (QED) is 0.663. The molecule has 0 unspecified atom stereocenters. The SMILES string of the molecule is Cc1cc(-c2[nH]c3ccc(Cl)cc3c2C2=NCCN2)c(C)s1.Cl. The lowest BCUT2D eigenvalue weighted by molar-refractivity contribution is 0.960. The molecule has 1 aromatic carbocycles. The number of aromatic nitrogens is 1. The maximum Gasteiger partial charge on any atom is 0.131 e. The normalized spacial score (nSPS) is 13.8. The molecule has 0 spiro atoms. The fourth-order valence-corrected chi connectivity index (χ4v) is 4.16. The van der Waals surface area contributed by atoms with E-state index in [1.165, 1.54) is 15.3 Å². The second-order valence-corrected chi connectivity index (χ2v) is 7.45. The molecule has 120 valence electrons. The van der Waals surface area contributed by atoms with Crippen molar-refractivity contribution in [2.75, 3.05) is 13.1 Å². The van der Waals surface area contributed by atoms with E-state index in [1.54, 1.807) is 0 Å². The Hall–Kier alpha value is -1.49. The van der Waals surface area contributed by atoms with Gasteiger partial charge in [0.15, 0.2) is 0 Å². The number of benzene rings is 1. The maximum atomic E-state index is 6.22. The Morgan fingerprint density at radius 3 is 2.70 bits per heavy atom. The highest BCUT2D eigenvalue weighted by Gasteiger charge is 2.21. The molecule has 0 amide bonds. The number of nitrogens with zero attached hydrogens (tertiary/aromatic N) is 1. The van der Waals surface area contributed by atoms with Crippen molar-refractivity contribution < 1.29 is 0 Å². The first-order chi connectivity index (χ1) is 10.6. The molecule has 3 aromatic rings. The van der Waals surface area contributed by atoms with Crippen molar-refractivity contribution >= 4 is 52.1 Å². The van der Waals surface area contributed by atoms with Crippen molar-refractivity contribution in [3.05, 3.63) is 44.6 Å². The average Bonchev–Trinajstić information content (AvgIpc) is 3.16. The summed E-state index contributed by atoms with van der Waals surface area (Å²) in [6.45, 7) is 6.03. The number of halogens is 2. The molecule has 0 saturated carbocycles. The molecule has 0 bridgehead atoms. The van der Waals surface area contributed by atoms with E-state index in [4.69, 9.17) is 11.6 Å². The van der Waals surface area contributed by atoms with Crippen molar-refractivity contribution in [2.45, 2.75) is 13.8 Å². The van der Waals surface area contributed by atoms with E-state index in [-0.39, 0.29) is 12.4 Å². The van der Waals surface area contributed by atoms with Gasteiger partial charge in [-0.05, 0) is 38.1 Å². The Labute approximate surface area is 150 Å². The summed E-state index contributed by atoms with van der Waals surface area (Å²) in [7, 11) is 0. The summed E-state index contributed by atoms with van der Waals surface area (Å²) < 4.78 is 0. The minimum atomic E-state index is 0. The van der Waals surface area contributed by atoms with Crippen LogP contribution in [0.15, 0.2) is 29.3 Å². The highest BCUT2D eigenvalue weighted by atomic mass is 35.5. The lowest BCUT2D eigenvalue weighted by Crippen LogP contribution is -2.19. The number of rotatable bonds is 2. The first kappa shape index (κ1) is 16.4. The number of thiophene rings is 1. The predicted octanol–water partition coefficient (Wildman–Crippen LogP) is 4.94. The summed E-state index contributed by atoms with van der Waals surface area (Å²) in [6.07, 6.45) is 0. The van der Waals surface area contributed by atoms with Crippen LogP contribution in [0.1, 0.15) is 15.3 Å². The monoisotopic (exact) mass is 365 g/mol. The van der Waals surface area contributed by atoms with E-state index < -0.39 is 0 Å². The number of amidine groups is 1. The van der Waals surface area contributed by atoms with Crippen molar-refractivity contribution in [3.8, 4) is 11.3 Å². The average molecular weight is 366 g/mol. The van der Waals surface area contributed by atoms with Crippen LogP contribution < -0.4 is 5.32 Å². The van der Waals surface area contributed by atoms with Gasteiger partial charge in [-0.1, -0.05) is 11.6 Å². The molecule has 4 rings (SSSR count). The Balaban J connectivity index is 0.00000156. The van der Waals surface area contributed by atoms with Gasteiger partial charge in [-0.25, -0.2) is 0 Å². The first-order valence-corrected chi connectivity index (χ1v) is 8.50. The zero-order valence-corrected chi connectivity index (χ0v) is 15.3. The first-order valence-electron chi connectivity index (χ1n) is 7.31. The van der Waals surface area contributed by atoms with Gasteiger partial charge in [0.05, 0.1) is 12.2 Å². The molecular formula is C17H17Cl2N3S. The minimum absolute atomic E-state index is 0. The molecule has 0 aliphatic carbocycles. The summed E-state index contributed by atoms with van der Waals surface area (Å²) >= 11 is 8.04. The van der Waals surface area contributed by atoms with Crippen molar-refractivity contribution in [3.63, 3.8) is 0 Å². The van der Waals surface area contributed by atoms with Gasteiger partial charge in [0.1, 0.15) is 5.84 Å². The topological polar surface area (TPSA) is 40.2 Å². The summed E-state index contributed by atoms with van der Waals surface area (Å²) in [6, 6.07) is 8.22. The van der Waals surface area contributed by atoms with Gasteiger partial charge < -0.3 is 10.3 Å². The lowest BCUT2D eigenvalue weighted by Gasteiger charge is -2.06. The van der Waals surface area contributed by atoms with Gasteiger partial charge in [-0.2, -0.15) is 0 Å². The molecule has 0 saturated heterocycles. The number of aryl methyl sites for hydroxylation is 2. The number of nitrogens with one attached hydrogen (secondary N) is 2. The Morgan fingerprint density at radius 1 is 1.22 bits per heavy atom.